The van der Waals surface area contributed by atoms with Crippen LogP contribution in [-0.4, -0.2) is 50.8 Å². The summed E-state index contributed by atoms with van der Waals surface area (Å²) in [5.41, 5.74) is 6.28. The molecule has 3 aliphatic rings. The maximum Gasteiger partial charge on any atom is 2.00 e. The van der Waals surface area contributed by atoms with E-state index in [-0.39, 0.29) is 23.2 Å². The van der Waals surface area contributed by atoms with E-state index in [2.05, 4.69) is 0 Å². The van der Waals surface area contributed by atoms with Crippen LogP contribution in [0.25, 0.3) is 10.6 Å². The first-order valence-electron chi connectivity index (χ1n) is 8.65. The van der Waals surface area contributed by atoms with Crippen LogP contribution in [0.5, 0.6) is 0 Å². The monoisotopic (exact) mass is 458 g/mol. The van der Waals surface area contributed by atoms with Crippen molar-refractivity contribution in [3.05, 3.63) is 30.9 Å². The molecule has 1 aliphatic carbocycles. The molecule has 0 aromatic rings. The van der Waals surface area contributed by atoms with Gasteiger partial charge in [-0.05, 0) is 18.3 Å². The Morgan fingerprint density at radius 1 is 0.963 bits per heavy atom. The average Bonchev–Trinajstić information content (AvgIpc) is 2.55. The Kier molecular flexibility index (Phi) is 12.8. The minimum absolute atomic E-state index is 0. The molecule has 11 nitrogen and oxygen atoms in total. The standard InChI is InChI=1S/C14H24ClN3.Cu.2HNO3/c15-11-5-3-4-9-10(11)8-13(18-14(9)16)12-6-1-2-7-17-12;;2*2-1(3)4/h9-14H,1-8,16H2;;2*(H,2,3,4)/q-2;+2;;. The Balaban J connectivity index is 0.000000646. The zero-order valence-electron chi connectivity index (χ0n) is 14.7. The van der Waals surface area contributed by atoms with Gasteiger partial charge < -0.3 is 26.8 Å². The largest absolute Gasteiger partial charge is 2.00 e. The number of fused-ring (bicyclic) bond motifs is 1. The van der Waals surface area contributed by atoms with Crippen molar-refractivity contribution >= 4 is 11.6 Å². The van der Waals surface area contributed by atoms with Gasteiger partial charge in [0.1, 0.15) is 0 Å². The van der Waals surface area contributed by atoms with Crippen LogP contribution in [0.3, 0.4) is 0 Å². The van der Waals surface area contributed by atoms with Crippen molar-refractivity contribution in [2.45, 2.75) is 68.6 Å². The molecule has 13 heteroatoms. The smallest absolute Gasteiger partial charge is 0.661 e. The molecular weight excluding hydrogens is 433 g/mol. The molecule has 0 bridgehead atoms. The Morgan fingerprint density at radius 3 is 2.07 bits per heavy atom. The summed E-state index contributed by atoms with van der Waals surface area (Å²) in [6.07, 6.45) is 8.47. The van der Waals surface area contributed by atoms with Gasteiger partial charge in [0, 0.05) is 5.38 Å². The van der Waals surface area contributed by atoms with Crippen molar-refractivity contribution in [2.75, 3.05) is 6.54 Å². The molecule has 0 amide bonds. The van der Waals surface area contributed by atoms with Crippen molar-refractivity contribution in [1.82, 2.24) is 0 Å². The summed E-state index contributed by atoms with van der Waals surface area (Å²) in [5.74, 6) is 1.11. The normalized spacial score (nSPS) is 34.9. The van der Waals surface area contributed by atoms with Crippen molar-refractivity contribution in [2.24, 2.45) is 17.6 Å². The van der Waals surface area contributed by atoms with E-state index in [1.54, 1.807) is 0 Å². The maximum absolute atomic E-state index is 8.36. The Hall–Kier alpha value is -0.911. The van der Waals surface area contributed by atoms with Crippen LogP contribution in [0, 0.1) is 32.1 Å². The SMILES string of the molecule is NC1[N-]C(C2CCCC[N-]2)CC2C(Cl)CCCC12.O=[N+]([O-])O.O=[N+]([O-])O.[Cu+2]. The number of hydrogen-bond donors (Lipinski definition) is 3. The van der Waals surface area contributed by atoms with Crippen LogP contribution >= 0.6 is 11.6 Å². The summed E-state index contributed by atoms with van der Waals surface area (Å²) in [4.78, 5) is 16.7. The van der Waals surface area contributed by atoms with Gasteiger partial charge in [0.25, 0.3) is 10.2 Å². The Labute approximate surface area is 173 Å². The zero-order valence-corrected chi connectivity index (χ0v) is 16.4. The van der Waals surface area contributed by atoms with Gasteiger partial charge in [0.15, 0.2) is 0 Å². The van der Waals surface area contributed by atoms with E-state index < -0.39 is 10.2 Å². The molecule has 2 saturated heterocycles. The number of rotatable bonds is 1. The van der Waals surface area contributed by atoms with E-state index in [0.717, 1.165) is 19.4 Å². The van der Waals surface area contributed by atoms with Gasteiger partial charge in [-0.1, -0.05) is 44.7 Å². The van der Waals surface area contributed by atoms with Gasteiger partial charge in [0.05, 0.1) is 0 Å². The molecule has 3 rings (SSSR count). The van der Waals surface area contributed by atoms with Gasteiger partial charge in [-0.15, -0.1) is 38.4 Å². The van der Waals surface area contributed by atoms with Crippen LogP contribution in [-0.2, 0) is 17.1 Å². The molecule has 6 atom stereocenters. The van der Waals surface area contributed by atoms with Crippen molar-refractivity contribution in [1.29, 1.82) is 0 Å². The molecule has 27 heavy (non-hydrogen) atoms. The fraction of sp³-hybridized carbons (Fsp3) is 1.00. The molecule has 0 aromatic carbocycles. The zero-order chi connectivity index (χ0) is 19.7. The van der Waals surface area contributed by atoms with E-state index in [9.17, 15) is 0 Å². The van der Waals surface area contributed by atoms with E-state index in [1.165, 1.54) is 32.1 Å². The Morgan fingerprint density at radius 2 is 1.56 bits per heavy atom. The third kappa shape index (κ3) is 9.72. The molecule has 2 heterocycles. The van der Waals surface area contributed by atoms with E-state index in [1.807, 2.05) is 0 Å². The van der Waals surface area contributed by atoms with E-state index >= 15 is 0 Å². The third-order valence-corrected chi connectivity index (χ3v) is 5.61. The van der Waals surface area contributed by atoms with Crippen LogP contribution < -0.4 is 5.73 Å². The van der Waals surface area contributed by atoms with E-state index in [0.29, 0.717) is 29.3 Å². The van der Waals surface area contributed by atoms with Crippen LogP contribution in [0.15, 0.2) is 0 Å². The van der Waals surface area contributed by atoms with Crippen molar-refractivity contribution in [3.8, 4) is 0 Å². The molecule has 0 spiro atoms. The average molecular weight is 459 g/mol. The summed E-state index contributed by atoms with van der Waals surface area (Å²) in [6, 6.07) is 0.775. The predicted octanol–water partition coefficient (Wildman–Crippen LogP) is 2.67. The Bertz CT molecular complexity index is 440. The summed E-state index contributed by atoms with van der Waals surface area (Å²) in [5, 5.41) is 37.2. The number of nitrogens with two attached hydrogens (primary N) is 1. The molecule has 161 valence electrons. The predicted molar refractivity (Wildman–Crippen MR) is 93.6 cm³/mol. The third-order valence-electron chi connectivity index (χ3n) is 5.06. The summed E-state index contributed by atoms with van der Waals surface area (Å²) in [6.45, 7) is 1.02. The quantitative estimate of drug-likeness (QED) is 0.233. The topological polar surface area (TPSA) is 181 Å². The van der Waals surface area contributed by atoms with Crippen LogP contribution in [0.2, 0.25) is 0 Å². The van der Waals surface area contributed by atoms with Gasteiger partial charge in [0.2, 0.25) is 0 Å². The maximum atomic E-state index is 8.36. The second-order valence-corrected chi connectivity index (χ2v) is 7.22. The minimum atomic E-state index is -1.50. The molecule has 1 saturated carbocycles. The molecular formula is C14H26ClCuN5O6. The number of piperidine rings is 2. The minimum Gasteiger partial charge on any atom is -0.661 e. The van der Waals surface area contributed by atoms with Gasteiger partial charge in [-0.2, -0.15) is 12.1 Å². The number of alkyl halides is 1. The van der Waals surface area contributed by atoms with Crippen LogP contribution in [0.4, 0.5) is 0 Å². The molecule has 2 aliphatic heterocycles. The fourth-order valence-electron chi connectivity index (χ4n) is 4.05. The van der Waals surface area contributed by atoms with Crippen LogP contribution in [0.1, 0.15) is 44.9 Å². The number of halogens is 1. The first-order valence-corrected chi connectivity index (χ1v) is 9.08. The van der Waals surface area contributed by atoms with Gasteiger partial charge in [-0.3, -0.25) is 0 Å². The molecule has 6 unspecified atom stereocenters. The first-order chi connectivity index (χ1) is 12.2. The molecule has 0 aromatic heterocycles. The summed E-state index contributed by atoms with van der Waals surface area (Å²) < 4.78 is 0. The molecule has 3 fully saturated rings. The fourth-order valence-corrected chi connectivity index (χ4v) is 4.49. The van der Waals surface area contributed by atoms with Gasteiger partial charge >= 0.3 is 17.1 Å². The second kappa shape index (κ2) is 13.3. The van der Waals surface area contributed by atoms with Crippen molar-refractivity contribution in [3.63, 3.8) is 0 Å². The van der Waals surface area contributed by atoms with Crippen molar-refractivity contribution < 1.29 is 37.7 Å². The number of nitrogens with zero attached hydrogens (tertiary/aromatic N) is 4. The summed E-state index contributed by atoms with van der Waals surface area (Å²) >= 11 is 6.53. The molecule has 4 N–H and O–H groups in total. The first kappa shape index (κ1) is 26.1. The second-order valence-electron chi connectivity index (χ2n) is 6.66. The summed E-state index contributed by atoms with van der Waals surface area (Å²) in [7, 11) is 0. The molecule has 1 radical (unpaired) electrons. The van der Waals surface area contributed by atoms with E-state index in [4.69, 9.17) is 58.6 Å². The van der Waals surface area contributed by atoms with Gasteiger partial charge in [-0.25, -0.2) is 0 Å². The number of hydrogen-bond acceptors (Lipinski definition) is 5.